The van der Waals surface area contributed by atoms with Crippen LogP contribution in [0.3, 0.4) is 0 Å². The van der Waals surface area contributed by atoms with Crippen LogP contribution in [0.15, 0.2) is 33.5 Å². The summed E-state index contributed by atoms with van der Waals surface area (Å²) in [6.45, 7) is 0. The highest BCUT2D eigenvalue weighted by Gasteiger charge is 2.23. The van der Waals surface area contributed by atoms with Gasteiger partial charge in [0.2, 0.25) is 0 Å². The standard InChI is InChI=1S/C6H4N2O3S/c9-12(10,11)6-3-5-4(8-6)1-2-7-5/h1-3H,(H,9,10,11). The quantitative estimate of drug-likeness (QED) is 0.544. The Morgan fingerprint density at radius 2 is 2.08 bits per heavy atom. The van der Waals surface area contributed by atoms with Gasteiger partial charge in [0.25, 0.3) is 0 Å². The van der Waals surface area contributed by atoms with Crippen LogP contribution in [0.1, 0.15) is 0 Å². The first-order valence-corrected chi connectivity index (χ1v) is 4.54. The molecule has 5 nitrogen and oxygen atoms in total. The summed E-state index contributed by atoms with van der Waals surface area (Å²) < 4.78 is 29.7. The molecule has 0 aliphatic carbocycles. The Morgan fingerprint density at radius 1 is 1.33 bits per heavy atom. The van der Waals surface area contributed by atoms with Gasteiger partial charge >= 0.3 is 10.1 Å². The third-order valence-electron chi connectivity index (χ3n) is 1.46. The largest absolute Gasteiger partial charge is 0.312 e. The molecule has 2 heterocycles. The monoisotopic (exact) mass is 184 g/mol. The van der Waals surface area contributed by atoms with Gasteiger partial charge in [0, 0.05) is 12.3 Å². The van der Waals surface area contributed by atoms with Gasteiger partial charge in [-0.25, -0.2) is 4.99 Å². The van der Waals surface area contributed by atoms with E-state index >= 15 is 0 Å². The topological polar surface area (TPSA) is 79.1 Å². The summed E-state index contributed by atoms with van der Waals surface area (Å²) in [6.07, 6.45) is 4.32. The Bertz CT molecular complexity index is 444. The van der Waals surface area contributed by atoms with Crippen LogP contribution in [-0.2, 0) is 10.1 Å². The molecule has 0 aromatic heterocycles. The van der Waals surface area contributed by atoms with Crippen molar-refractivity contribution in [2.24, 2.45) is 9.98 Å². The van der Waals surface area contributed by atoms with Crippen molar-refractivity contribution in [2.45, 2.75) is 0 Å². The van der Waals surface area contributed by atoms with Gasteiger partial charge in [0.1, 0.15) is 0 Å². The fourth-order valence-electron chi connectivity index (χ4n) is 0.946. The Morgan fingerprint density at radius 3 is 2.67 bits per heavy atom. The molecule has 0 saturated carbocycles. The van der Waals surface area contributed by atoms with Crippen molar-refractivity contribution in [3.05, 3.63) is 23.5 Å². The van der Waals surface area contributed by atoms with Crippen molar-refractivity contribution in [1.29, 1.82) is 0 Å². The number of nitrogens with zero attached hydrogens (tertiary/aromatic N) is 2. The average molecular weight is 184 g/mol. The summed E-state index contributed by atoms with van der Waals surface area (Å²) in [7, 11) is -4.19. The zero-order valence-corrected chi connectivity index (χ0v) is 6.61. The lowest BCUT2D eigenvalue weighted by Gasteiger charge is -1.88. The summed E-state index contributed by atoms with van der Waals surface area (Å²) in [6, 6.07) is 0. The molecule has 0 atom stereocenters. The van der Waals surface area contributed by atoms with Gasteiger partial charge in [-0.15, -0.1) is 0 Å². The Kier molecular flexibility index (Phi) is 1.30. The highest BCUT2D eigenvalue weighted by atomic mass is 32.2. The van der Waals surface area contributed by atoms with Gasteiger partial charge in [-0.1, -0.05) is 0 Å². The first-order chi connectivity index (χ1) is 5.57. The van der Waals surface area contributed by atoms with E-state index in [-0.39, 0.29) is 5.04 Å². The molecule has 0 spiro atoms. The van der Waals surface area contributed by atoms with E-state index in [9.17, 15) is 8.42 Å². The minimum absolute atomic E-state index is 0.347. The smallest absolute Gasteiger partial charge is 0.281 e. The second-order valence-corrected chi connectivity index (χ2v) is 3.65. The molecule has 0 aromatic carbocycles. The molecule has 0 bridgehead atoms. The molecule has 1 N–H and O–H groups in total. The SMILES string of the molecule is O=S(=O)(O)C1=NC2=CC=NC2=C1. The van der Waals surface area contributed by atoms with Crippen LogP contribution in [0.4, 0.5) is 0 Å². The van der Waals surface area contributed by atoms with Gasteiger partial charge in [0.15, 0.2) is 5.04 Å². The lowest BCUT2D eigenvalue weighted by Crippen LogP contribution is -2.08. The van der Waals surface area contributed by atoms with Crippen LogP contribution < -0.4 is 0 Å². The van der Waals surface area contributed by atoms with Crippen LogP contribution in [-0.4, -0.2) is 24.2 Å². The second-order valence-electron chi connectivity index (χ2n) is 2.28. The molecule has 6 heteroatoms. The zero-order chi connectivity index (χ0) is 8.77. The number of fused-ring (bicyclic) bond motifs is 1. The normalized spacial score (nSPS) is 20.2. The van der Waals surface area contributed by atoms with Crippen molar-refractivity contribution in [1.82, 2.24) is 0 Å². The van der Waals surface area contributed by atoms with Crippen molar-refractivity contribution < 1.29 is 13.0 Å². The molecule has 0 unspecified atom stereocenters. The fraction of sp³-hybridized carbons (Fsp3) is 0. The lowest BCUT2D eigenvalue weighted by molar-refractivity contribution is 0.498. The molecule has 0 aromatic rings. The number of aliphatic imine (C=N–C) groups is 2. The number of hydrogen-bond acceptors (Lipinski definition) is 4. The predicted octanol–water partition coefficient (Wildman–Crippen LogP) is 0.139. The molecule has 0 radical (unpaired) electrons. The molecule has 62 valence electrons. The highest BCUT2D eigenvalue weighted by molar-refractivity contribution is 8.02. The summed E-state index contributed by atoms with van der Waals surface area (Å²) >= 11 is 0. The van der Waals surface area contributed by atoms with Crippen LogP contribution in [0, 0.1) is 0 Å². The van der Waals surface area contributed by atoms with E-state index in [0.29, 0.717) is 11.4 Å². The van der Waals surface area contributed by atoms with Crippen LogP contribution in [0.25, 0.3) is 0 Å². The minimum Gasteiger partial charge on any atom is -0.281 e. The Balaban J connectivity index is 2.51. The van der Waals surface area contributed by atoms with Crippen LogP contribution in [0.5, 0.6) is 0 Å². The molecule has 2 aliphatic heterocycles. The van der Waals surface area contributed by atoms with Crippen molar-refractivity contribution in [3.8, 4) is 0 Å². The third kappa shape index (κ3) is 1.01. The Hall–Kier alpha value is -1.27. The Labute approximate surface area is 68.6 Å². The predicted molar refractivity (Wildman–Crippen MR) is 43.6 cm³/mol. The van der Waals surface area contributed by atoms with E-state index in [4.69, 9.17) is 4.55 Å². The molecular weight excluding hydrogens is 180 g/mol. The second kappa shape index (κ2) is 2.11. The molecule has 2 rings (SSSR count). The van der Waals surface area contributed by atoms with E-state index in [1.165, 1.54) is 12.3 Å². The van der Waals surface area contributed by atoms with Crippen molar-refractivity contribution in [3.63, 3.8) is 0 Å². The maximum absolute atomic E-state index is 10.6. The molecule has 0 fully saturated rings. The molecule has 12 heavy (non-hydrogen) atoms. The molecule has 0 amide bonds. The maximum atomic E-state index is 10.6. The minimum atomic E-state index is -4.19. The van der Waals surface area contributed by atoms with Gasteiger partial charge in [-0.3, -0.25) is 9.55 Å². The summed E-state index contributed by atoms with van der Waals surface area (Å²) in [5.41, 5.74) is 0.949. The van der Waals surface area contributed by atoms with Crippen LogP contribution >= 0.6 is 0 Å². The zero-order valence-electron chi connectivity index (χ0n) is 5.80. The lowest BCUT2D eigenvalue weighted by atomic mass is 10.4. The molecule has 2 aliphatic rings. The summed E-state index contributed by atoms with van der Waals surface area (Å²) in [5, 5.41) is -0.347. The first-order valence-electron chi connectivity index (χ1n) is 3.10. The number of rotatable bonds is 0. The number of allylic oxidation sites excluding steroid dienone is 1. The van der Waals surface area contributed by atoms with Crippen molar-refractivity contribution in [2.75, 3.05) is 0 Å². The van der Waals surface area contributed by atoms with E-state index in [0.717, 1.165) is 0 Å². The van der Waals surface area contributed by atoms with E-state index < -0.39 is 10.1 Å². The van der Waals surface area contributed by atoms with Crippen LogP contribution in [0.2, 0.25) is 0 Å². The molecular formula is C6H4N2O3S. The molecule has 0 saturated heterocycles. The first kappa shape index (κ1) is 7.38. The third-order valence-corrected chi connectivity index (χ3v) is 2.20. The number of hydrogen-bond donors (Lipinski definition) is 1. The summed E-state index contributed by atoms with van der Waals surface area (Å²) in [5.74, 6) is 0. The maximum Gasteiger partial charge on any atom is 0.312 e. The highest BCUT2D eigenvalue weighted by Crippen LogP contribution is 2.24. The fourth-order valence-corrected chi connectivity index (χ4v) is 1.42. The average Bonchev–Trinajstić information content (AvgIpc) is 2.37. The van der Waals surface area contributed by atoms with E-state index in [2.05, 4.69) is 9.98 Å². The van der Waals surface area contributed by atoms with Gasteiger partial charge in [0.05, 0.1) is 11.4 Å². The summed E-state index contributed by atoms with van der Waals surface area (Å²) in [4.78, 5) is 7.46. The van der Waals surface area contributed by atoms with E-state index in [1.54, 1.807) is 6.08 Å². The van der Waals surface area contributed by atoms with E-state index in [1.807, 2.05) is 0 Å². The van der Waals surface area contributed by atoms with Crippen molar-refractivity contribution >= 4 is 21.4 Å². The van der Waals surface area contributed by atoms with Gasteiger partial charge in [-0.05, 0) is 6.08 Å². The van der Waals surface area contributed by atoms with Gasteiger partial charge < -0.3 is 0 Å². The van der Waals surface area contributed by atoms with Gasteiger partial charge in [-0.2, -0.15) is 8.42 Å².